The van der Waals surface area contributed by atoms with Gasteiger partial charge >= 0.3 is 0 Å². The zero-order chi connectivity index (χ0) is 24.2. The van der Waals surface area contributed by atoms with Gasteiger partial charge in [0, 0.05) is 17.7 Å². The lowest BCUT2D eigenvalue weighted by molar-refractivity contribution is -0.384. The lowest BCUT2D eigenvalue weighted by Crippen LogP contribution is -2.39. The van der Waals surface area contributed by atoms with Gasteiger partial charge in [-0.25, -0.2) is 13.8 Å². The summed E-state index contributed by atoms with van der Waals surface area (Å²) in [6, 6.07) is 14.5. The number of amides is 1. The van der Waals surface area contributed by atoms with E-state index in [1.165, 1.54) is 18.3 Å². The fourth-order valence-electron chi connectivity index (χ4n) is 3.22. The summed E-state index contributed by atoms with van der Waals surface area (Å²) in [6.45, 7) is 3.11. The standard InChI is InChI=1S/C22H22N4O6S/c1-15-5-4-6-16(2)22(15)25(33(3,30)31)14-21(27)24-23-13-19-11-12-20(32-19)17-7-9-18(10-8-17)26(28)29/h4-13H,14H2,1-3H3,(H,24,27)/b23-13-. The number of anilines is 1. The zero-order valence-electron chi connectivity index (χ0n) is 18.2. The van der Waals surface area contributed by atoms with Crippen LogP contribution in [-0.2, 0) is 14.8 Å². The molecule has 1 N–H and O–H groups in total. The summed E-state index contributed by atoms with van der Waals surface area (Å²) in [7, 11) is -3.71. The predicted molar refractivity (Wildman–Crippen MR) is 125 cm³/mol. The molecule has 0 fully saturated rings. The van der Waals surface area contributed by atoms with Crippen LogP contribution in [-0.4, -0.2) is 38.3 Å². The molecule has 10 nitrogen and oxygen atoms in total. The number of sulfonamides is 1. The quantitative estimate of drug-likeness (QED) is 0.305. The predicted octanol–water partition coefficient (Wildman–Crippen LogP) is 3.39. The van der Waals surface area contributed by atoms with Crippen LogP contribution < -0.4 is 9.73 Å². The molecule has 0 aliphatic carbocycles. The summed E-state index contributed by atoms with van der Waals surface area (Å²) in [5.74, 6) is 0.177. The number of benzene rings is 2. The molecular weight excluding hydrogens is 448 g/mol. The summed E-state index contributed by atoms with van der Waals surface area (Å²) >= 11 is 0. The molecule has 0 aliphatic heterocycles. The molecule has 0 spiro atoms. The van der Waals surface area contributed by atoms with Crippen LogP contribution in [0.2, 0.25) is 0 Å². The molecule has 11 heteroatoms. The van der Waals surface area contributed by atoms with Crippen molar-refractivity contribution in [3.63, 3.8) is 0 Å². The van der Waals surface area contributed by atoms with E-state index in [-0.39, 0.29) is 5.69 Å². The van der Waals surface area contributed by atoms with E-state index in [0.29, 0.717) is 22.8 Å². The minimum Gasteiger partial charge on any atom is -0.455 e. The van der Waals surface area contributed by atoms with Crippen molar-refractivity contribution >= 4 is 33.5 Å². The molecule has 0 saturated carbocycles. The van der Waals surface area contributed by atoms with E-state index >= 15 is 0 Å². The average Bonchev–Trinajstić information content (AvgIpc) is 3.21. The molecular formula is C22H22N4O6S. The van der Waals surface area contributed by atoms with Crippen molar-refractivity contribution in [2.45, 2.75) is 13.8 Å². The first kappa shape index (κ1) is 23.7. The summed E-state index contributed by atoms with van der Waals surface area (Å²) in [5, 5.41) is 14.6. The number of furan rings is 1. The highest BCUT2D eigenvalue weighted by atomic mass is 32.2. The van der Waals surface area contributed by atoms with Crippen LogP contribution >= 0.6 is 0 Å². The van der Waals surface area contributed by atoms with Gasteiger partial charge in [0.05, 0.1) is 23.1 Å². The molecule has 33 heavy (non-hydrogen) atoms. The Balaban J connectivity index is 1.68. The second kappa shape index (κ2) is 9.65. The van der Waals surface area contributed by atoms with Gasteiger partial charge in [0.25, 0.3) is 11.6 Å². The van der Waals surface area contributed by atoms with Gasteiger partial charge in [0.2, 0.25) is 10.0 Å². The smallest absolute Gasteiger partial charge is 0.269 e. The van der Waals surface area contributed by atoms with Gasteiger partial charge in [-0.05, 0) is 49.2 Å². The van der Waals surface area contributed by atoms with E-state index in [9.17, 15) is 23.3 Å². The van der Waals surface area contributed by atoms with Gasteiger partial charge in [0.15, 0.2) is 0 Å². The van der Waals surface area contributed by atoms with Crippen molar-refractivity contribution in [1.29, 1.82) is 0 Å². The van der Waals surface area contributed by atoms with E-state index in [1.807, 2.05) is 6.07 Å². The molecule has 0 radical (unpaired) electrons. The highest BCUT2D eigenvalue weighted by Crippen LogP contribution is 2.26. The summed E-state index contributed by atoms with van der Waals surface area (Å²) in [5.41, 5.74) is 4.82. The van der Waals surface area contributed by atoms with Gasteiger partial charge in [-0.2, -0.15) is 5.10 Å². The third-order valence-corrected chi connectivity index (χ3v) is 5.86. The number of nitro benzene ring substituents is 1. The monoisotopic (exact) mass is 470 g/mol. The van der Waals surface area contributed by atoms with Gasteiger partial charge in [0.1, 0.15) is 18.1 Å². The Morgan fingerprint density at radius 3 is 2.33 bits per heavy atom. The normalized spacial score (nSPS) is 11.5. The van der Waals surface area contributed by atoms with Gasteiger partial charge in [-0.1, -0.05) is 18.2 Å². The second-order valence-electron chi connectivity index (χ2n) is 7.31. The molecule has 0 unspecified atom stereocenters. The number of carbonyl (C=O) groups is 1. The fraction of sp³-hybridized carbons (Fsp3) is 0.182. The molecule has 0 bridgehead atoms. The number of nitrogens with one attached hydrogen (secondary N) is 1. The topological polar surface area (TPSA) is 135 Å². The van der Waals surface area contributed by atoms with Crippen molar-refractivity contribution < 1.29 is 22.6 Å². The van der Waals surface area contributed by atoms with E-state index < -0.39 is 27.4 Å². The number of hydrogen-bond acceptors (Lipinski definition) is 7. The van der Waals surface area contributed by atoms with Crippen molar-refractivity contribution in [2.24, 2.45) is 5.10 Å². The Morgan fingerprint density at radius 2 is 1.76 bits per heavy atom. The molecule has 0 atom stereocenters. The van der Waals surface area contributed by atoms with Crippen molar-refractivity contribution in [3.8, 4) is 11.3 Å². The Labute approximate surface area is 190 Å². The van der Waals surface area contributed by atoms with E-state index in [0.717, 1.165) is 21.7 Å². The molecule has 1 aromatic heterocycles. The molecule has 3 rings (SSSR count). The molecule has 0 aliphatic rings. The average molecular weight is 471 g/mol. The number of hydrazone groups is 1. The number of para-hydroxylation sites is 1. The van der Waals surface area contributed by atoms with Crippen LogP contribution in [0.15, 0.2) is 64.1 Å². The number of nitro groups is 1. The number of non-ortho nitro benzene ring substituents is 1. The van der Waals surface area contributed by atoms with E-state index in [1.54, 1.807) is 50.2 Å². The molecule has 1 amide bonds. The highest BCUT2D eigenvalue weighted by Gasteiger charge is 2.23. The SMILES string of the molecule is Cc1cccc(C)c1N(CC(=O)N/N=C\c1ccc(-c2ccc([N+](=O)[O-])cc2)o1)S(C)(=O)=O. The minimum absolute atomic E-state index is 0.0289. The third kappa shape index (κ3) is 5.83. The highest BCUT2D eigenvalue weighted by molar-refractivity contribution is 7.92. The Kier molecular flexibility index (Phi) is 6.92. The molecule has 172 valence electrons. The van der Waals surface area contributed by atoms with Crippen molar-refractivity contribution in [1.82, 2.24) is 5.43 Å². The summed E-state index contributed by atoms with van der Waals surface area (Å²) < 4.78 is 31.3. The summed E-state index contributed by atoms with van der Waals surface area (Å²) in [6.07, 6.45) is 2.31. The number of nitrogens with zero attached hydrogens (tertiary/aromatic N) is 3. The first-order valence-electron chi connectivity index (χ1n) is 9.77. The molecule has 2 aromatic carbocycles. The molecule has 1 heterocycles. The van der Waals surface area contributed by atoms with Crippen molar-refractivity contribution in [3.05, 3.63) is 81.6 Å². The lowest BCUT2D eigenvalue weighted by Gasteiger charge is -2.25. The van der Waals surface area contributed by atoms with Crippen LogP contribution in [0.25, 0.3) is 11.3 Å². The number of hydrogen-bond donors (Lipinski definition) is 1. The first-order chi connectivity index (χ1) is 15.6. The molecule has 0 saturated heterocycles. The molecule has 3 aromatic rings. The van der Waals surface area contributed by atoms with Crippen LogP contribution in [0.1, 0.15) is 16.9 Å². The Bertz CT molecular complexity index is 1290. The Morgan fingerprint density at radius 1 is 1.12 bits per heavy atom. The van der Waals surface area contributed by atoms with E-state index in [4.69, 9.17) is 4.42 Å². The minimum atomic E-state index is -3.71. The van der Waals surface area contributed by atoms with Gasteiger partial charge < -0.3 is 4.42 Å². The first-order valence-corrected chi connectivity index (χ1v) is 11.6. The zero-order valence-corrected chi connectivity index (χ0v) is 19.0. The number of carbonyl (C=O) groups excluding carboxylic acids is 1. The maximum absolute atomic E-state index is 12.4. The van der Waals surface area contributed by atoms with Crippen molar-refractivity contribution in [2.75, 3.05) is 17.1 Å². The lowest BCUT2D eigenvalue weighted by atomic mass is 10.1. The maximum atomic E-state index is 12.4. The number of rotatable bonds is 8. The fourth-order valence-corrected chi connectivity index (χ4v) is 4.19. The summed E-state index contributed by atoms with van der Waals surface area (Å²) in [4.78, 5) is 22.7. The van der Waals surface area contributed by atoms with Crippen LogP contribution in [0, 0.1) is 24.0 Å². The Hall–Kier alpha value is -3.99. The van der Waals surface area contributed by atoms with Crippen LogP contribution in [0.5, 0.6) is 0 Å². The number of aryl methyl sites for hydroxylation is 2. The van der Waals surface area contributed by atoms with Crippen LogP contribution in [0.4, 0.5) is 11.4 Å². The van der Waals surface area contributed by atoms with Gasteiger partial charge in [-0.3, -0.25) is 19.2 Å². The van der Waals surface area contributed by atoms with Crippen LogP contribution in [0.3, 0.4) is 0 Å². The van der Waals surface area contributed by atoms with E-state index in [2.05, 4.69) is 10.5 Å². The largest absolute Gasteiger partial charge is 0.455 e. The maximum Gasteiger partial charge on any atom is 0.269 e. The van der Waals surface area contributed by atoms with Gasteiger partial charge in [-0.15, -0.1) is 0 Å². The second-order valence-corrected chi connectivity index (χ2v) is 9.22. The third-order valence-electron chi connectivity index (χ3n) is 4.75.